The number of nitriles is 1. The van der Waals surface area contributed by atoms with E-state index in [1.54, 1.807) is 6.08 Å². The summed E-state index contributed by atoms with van der Waals surface area (Å²) in [4.78, 5) is 4.68. The maximum atomic E-state index is 8.83. The molecule has 0 N–H and O–H groups in total. The monoisotopic (exact) mass is 330 g/mol. The van der Waals surface area contributed by atoms with Gasteiger partial charge >= 0.3 is 0 Å². The second kappa shape index (κ2) is 9.39. The van der Waals surface area contributed by atoms with Crippen LogP contribution in [-0.2, 0) is 0 Å². The van der Waals surface area contributed by atoms with Crippen molar-refractivity contribution in [2.45, 2.75) is 34.6 Å². The number of allylic oxidation sites excluding steroid dienone is 12. The Morgan fingerprint density at radius 2 is 1.84 bits per heavy atom. The molecule has 2 nitrogen and oxygen atoms in total. The van der Waals surface area contributed by atoms with Gasteiger partial charge in [0.25, 0.3) is 0 Å². The first kappa shape index (κ1) is 20.1. The minimum atomic E-state index is 0.415. The molecule has 0 aromatic carbocycles. The van der Waals surface area contributed by atoms with Gasteiger partial charge in [0, 0.05) is 17.4 Å². The Balaban J connectivity index is 3.15. The van der Waals surface area contributed by atoms with E-state index in [9.17, 15) is 0 Å². The molecule has 0 aromatic rings. The van der Waals surface area contributed by atoms with E-state index >= 15 is 0 Å². The van der Waals surface area contributed by atoms with Gasteiger partial charge < -0.3 is 0 Å². The van der Waals surface area contributed by atoms with E-state index in [0.717, 1.165) is 22.4 Å². The van der Waals surface area contributed by atoms with Gasteiger partial charge in [0.2, 0.25) is 0 Å². The van der Waals surface area contributed by atoms with Crippen LogP contribution in [-0.4, -0.2) is 6.21 Å². The first-order chi connectivity index (χ1) is 11.8. The van der Waals surface area contributed by atoms with Crippen LogP contribution in [0.3, 0.4) is 0 Å². The molecule has 0 unspecified atom stereocenters. The van der Waals surface area contributed by atoms with Crippen LogP contribution >= 0.6 is 0 Å². The third-order valence-electron chi connectivity index (χ3n) is 3.74. The average Bonchev–Trinajstić information content (AvgIpc) is 2.56. The molecule has 2 heteroatoms. The molecule has 0 atom stereocenters. The summed E-state index contributed by atoms with van der Waals surface area (Å²) < 4.78 is 0. The van der Waals surface area contributed by atoms with Crippen LogP contribution < -0.4 is 0 Å². The van der Waals surface area contributed by atoms with E-state index < -0.39 is 0 Å². The minimum Gasteiger partial charge on any atom is -0.256 e. The zero-order valence-electron chi connectivity index (χ0n) is 15.9. The molecule has 1 aliphatic carbocycles. The lowest BCUT2D eigenvalue weighted by Gasteiger charge is -2.20. The van der Waals surface area contributed by atoms with Crippen molar-refractivity contribution in [3.8, 4) is 6.07 Å². The van der Waals surface area contributed by atoms with Gasteiger partial charge in [0.05, 0.1) is 11.8 Å². The second-order valence-electron chi connectivity index (χ2n) is 5.98. The first-order valence-electron chi connectivity index (χ1n) is 8.25. The molecule has 0 amide bonds. The van der Waals surface area contributed by atoms with Crippen molar-refractivity contribution in [3.63, 3.8) is 0 Å². The molecule has 25 heavy (non-hydrogen) atoms. The van der Waals surface area contributed by atoms with Crippen LogP contribution in [0.1, 0.15) is 34.6 Å². The highest BCUT2D eigenvalue weighted by Crippen LogP contribution is 2.32. The van der Waals surface area contributed by atoms with E-state index in [2.05, 4.69) is 44.1 Å². The third-order valence-corrected chi connectivity index (χ3v) is 3.74. The van der Waals surface area contributed by atoms with Crippen LogP contribution in [0, 0.1) is 11.3 Å². The highest BCUT2D eigenvalue weighted by molar-refractivity contribution is 5.90. The fourth-order valence-corrected chi connectivity index (χ4v) is 2.61. The normalized spacial score (nSPS) is 16.2. The summed E-state index contributed by atoms with van der Waals surface area (Å²) in [5, 5.41) is 8.83. The molecule has 0 saturated carbocycles. The summed E-state index contributed by atoms with van der Waals surface area (Å²) >= 11 is 0. The smallest absolute Gasteiger partial charge is 0.0985 e. The Morgan fingerprint density at radius 3 is 2.28 bits per heavy atom. The van der Waals surface area contributed by atoms with Gasteiger partial charge in [-0.25, -0.2) is 0 Å². The summed E-state index contributed by atoms with van der Waals surface area (Å²) in [5.41, 5.74) is 8.00. The van der Waals surface area contributed by atoms with Crippen molar-refractivity contribution in [1.29, 1.82) is 5.26 Å². The molecule has 0 aliphatic heterocycles. The Kier molecular flexibility index (Phi) is 7.56. The largest absolute Gasteiger partial charge is 0.256 e. The maximum absolute atomic E-state index is 8.83. The van der Waals surface area contributed by atoms with E-state index in [1.165, 1.54) is 16.7 Å². The Hall–Kier alpha value is -2.92. The number of aliphatic imine (C=N–C) groups is 1. The predicted octanol–water partition coefficient (Wildman–Crippen LogP) is 6.32. The maximum Gasteiger partial charge on any atom is 0.0985 e. The SMILES string of the molecule is C=C(C)\C=C(/C=N/C(=C\C)C(/C=C\C(=C)C#N)=C/C)C1=C(C)C=C1C. The highest BCUT2D eigenvalue weighted by atomic mass is 14.7. The zero-order valence-corrected chi connectivity index (χ0v) is 15.9. The van der Waals surface area contributed by atoms with Gasteiger partial charge in [-0.1, -0.05) is 49.1 Å². The van der Waals surface area contributed by atoms with Crippen molar-refractivity contribution in [3.05, 3.63) is 94.3 Å². The van der Waals surface area contributed by atoms with Crippen LogP contribution in [0.25, 0.3) is 0 Å². The first-order valence-corrected chi connectivity index (χ1v) is 8.25. The van der Waals surface area contributed by atoms with Gasteiger partial charge in [0.15, 0.2) is 0 Å². The van der Waals surface area contributed by atoms with E-state index in [1.807, 2.05) is 51.3 Å². The topological polar surface area (TPSA) is 36.1 Å². The van der Waals surface area contributed by atoms with Crippen LogP contribution in [0.4, 0.5) is 0 Å². The molecule has 0 saturated heterocycles. The molecule has 1 aliphatic rings. The molecule has 0 radical (unpaired) electrons. The molecule has 1 rings (SSSR count). The zero-order chi connectivity index (χ0) is 19.0. The number of nitrogens with zero attached hydrogens (tertiary/aromatic N) is 2. The predicted molar refractivity (Wildman–Crippen MR) is 109 cm³/mol. The molecule has 0 heterocycles. The summed E-state index contributed by atoms with van der Waals surface area (Å²) in [6, 6.07) is 2.02. The molecule has 0 spiro atoms. The van der Waals surface area contributed by atoms with Crippen molar-refractivity contribution in [2.75, 3.05) is 0 Å². The minimum absolute atomic E-state index is 0.415. The fraction of sp³-hybridized carbons (Fsp3) is 0.217. The molecule has 0 aromatic heterocycles. The number of hydrogen-bond acceptors (Lipinski definition) is 2. The van der Waals surface area contributed by atoms with Crippen LogP contribution in [0.5, 0.6) is 0 Å². The van der Waals surface area contributed by atoms with Gasteiger partial charge in [-0.05, 0) is 63.0 Å². The van der Waals surface area contributed by atoms with Crippen molar-refractivity contribution in [2.24, 2.45) is 4.99 Å². The summed E-state index contributed by atoms with van der Waals surface area (Å²) in [6.45, 7) is 17.7. The average molecular weight is 330 g/mol. The van der Waals surface area contributed by atoms with Crippen LogP contribution in [0.2, 0.25) is 0 Å². The van der Waals surface area contributed by atoms with Crippen molar-refractivity contribution >= 4 is 6.21 Å². The number of hydrogen-bond donors (Lipinski definition) is 0. The Bertz CT molecular complexity index is 826. The van der Waals surface area contributed by atoms with E-state index in [-0.39, 0.29) is 0 Å². The third kappa shape index (κ3) is 5.58. The summed E-state index contributed by atoms with van der Waals surface area (Å²) in [5.74, 6) is 0. The molecular weight excluding hydrogens is 304 g/mol. The van der Waals surface area contributed by atoms with Gasteiger partial charge in [-0.2, -0.15) is 5.26 Å². The van der Waals surface area contributed by atoms with Gasteiger partial charge in [0.1, 0.15) is 0 Å². The molecule has 0 fully saturated rings. The molecular formula is C23H26N2. The lowest BCUT2D eigenvalue weighted by atomic mass is 9.85. The molecule has 128 valence electrons. The molecule has 0 bridgehead atoms. The quantitative estimate of drug-likeness (QED) is 0.305. The fourth-order valence-electron chi connectivity index (χ4n) is 2.61. The lowest BCUT2D eigenvalue weighted by molar-refractivity contribution is 1.22. The Labute approximate surface area is 152 Å². The Morgan fingerprint density at radius 1 is 1.16 bits per heavy atom. The van der Waals surface area contributed by atoms with Gasteiger partial charge in [-0.3, -0.25) is 4.99 Å². The van der Waals surface area contributed by atoms with Gasteiger partial charge in [-0.15, -0.1) is 0 Å². The van der Waals surface area contributed by atoms with E-state index in [4.69, 9.17) is 5.26 Å². The van der Waals surface area contributed by atoms with Crippen LogP contribution in [0.15, 0.2) is 99.3 Å². The number of rotatable bonds is 7. The summed E-state index contributed by atoms with van der Waals surface area (Å²) in [6.07, 6.45) is 13.6. The second-order valence-corrected chi connectivity index (χ2v) is 5.98. The standard InChI is InChI=1S/C23H26N2/c1-8-20(11-10-17(5)14-24)22(9-2)25-15-21(12-16(3)4)23-18(6)13-19(23)7/h8-13,15H,3,5H2,1-2,4,6-7H3/b11-10-,20-8+,21-12+,22-9-,25-15+. The van der Waals surface area contributed by atoms with Crippen molar-refractivity contribution < 1.29 is 0 Å². The van der Waals surface area contributed by atoms with Crippen molar-refractivity contribution in [1.82, 2.24) is 0 Å². The lowest BCUT2D eigenvalue weighted by Crippen LogP contribution is -2.05. The summed E-state index contributed by atoms with van der Waals surface area (Å²) in [7, 11) is 0. The highest BCUT2D eigenvalue weighted by Gasteiger charge is 2.16. The van der Waals surface area contributed by atoms with E-state index in [0.29, 0.717) is 5.57 Å².